The highest BCUT2D eigenvalue weighted by Crippen LogP contribution is 2.16. The van der Waals surface area contributed by atoms with Gasteiger partial charge in [-0.2, -0.15) is 0 Å². The monoisotopic (exact) mass is 526 g/mol. The smallest absolute Gasteiger partial charge is 0.407 e. The molecule has 2 unspecified atom stereocenters. The first-order valence-electron chi connectivity index (χ1n) is 11.3. The number of carboxylic acid groups (broad SMARTS) is 1. The van der Waals surface area contributed by atoms with Crippen LogP contribution in [0.2, 0.25) is 0 Å². The number of benzene rings is 1. The lowest BCUT2D eigenvalue weighted by Crippen LogP contribution is -2.56. The highest BCUT2D eigenvalue weighted by atomic mass is 79.9. The summed E-state index contributed by atoms with van der Waals surface area (Å²) in [6, 6.07) is 7.26. The maximum absolute atomic E-state index is 12.3. The number of piperazine rings is 1. The van der Waals surface area contributed by atoms with E-state index in [0.29, 0.717) is 38.2 Å². The van der Waals surface area contributed by atoms with Gasteiger partial charge in [-0.15, -0.1) is 0 Å². The van der Waals surface area contributed by atoms with Crippen molar-refractivity contribution in [2.45, 2.75) is 38.8 Å². The molecule has 1 aromatic rings. The van der Waals surface area contributed by atoms with Crippen LogP contribution in [0.15, 0.2) is 28.7 Å². The molecular formula is C23H35BrN4O5. The van der Waals surface area contributed by atoms with Crippen molar-refractivity contribution in [2.24, 2.45) is 5.92 Å². The van der Waals surface area contributed by atoms with E-state index in [0.717, 1.165) is 17.4 Å². The number of methoxy groups -OCH3 is 1. The Morgan fingerprint density at radius 1 is 1.21 bits per heavy atom. The summed E-state index contributed by atoms with van der Waals surface area (Å²) in [6.45, 7) is 7.19. The molecule has 0 saturated carbocycles. The van der Waals surface area contributed by atoms with E-state index in [-0.39, 0.29) is 30.3 Å². The fourth-order valence-corrected chi connectivity index (χ4v) is 4.20. The van der Waals surface area contributed by atoms with Gasteiger partial charge in [-0.25, -0.2) is 9.59 Å². The van der Waals surface area contributed by atoms with Crippen LogP contribution in [-0.2, 0) is 4.74 Å². The molecule has 0 bridgehead atoms. The summed E-state index contributed by atoms with van der Waals surface area (Å²) in [7, 11) is 1.35. The molecule has 0 spiro atoms. The fraction of sp³-hybridized carbons (Fsp3) is 0.609. The van der Waals surface area contributed by atoms with E-state index in [9.17, 15) is 19.5 Å². The quantitative estimate of drug-likeness (QED) is 0.300. The Labute approximate surface area is 204 Å². The lowest BCUT2D eigenvalue weighted by atomic mass is 9.99. The maximum atomic E-state index is 12.3. The van der Waals surface area contributed by atoms with Crippen molar-refractivity contribution >= 4 is 33.9 Å². The Kier molecular flexibility index (Phi) is 11.1. The van der Waals surface area contributed by atoms with Gasteiger partial charge in [-0.05, 0) is 37.4 Å². The van der Waals surface area contributed by atoms with Crippen molar-refractivity contribution < 1.29 is 24.2 Å². The Morgan fingerprint density at radius 3 is 2.52 bits per heavy atom. The molecule has 9 nitrogen and oxygen atoms in total. The number of amides is 2. The van der Waals surface area contributed by atoms with Gasteiger partial charge < -0.3 is 25.4 Å². The van der Waals surface area contributed by atoms with Crippen molar-refractivity contribution in [3.05, 3.63) is 34.3 Å². The Balaban J connectivity index is 1.88. The van der Waals surface area contributed by atoms with Crippen molar-refractivity contribution in [1.82, 2.24) is 20.4 Å². The van der Waals surface area contributed by atoms with Crippen molar-refractivity contribution in [2.75, 3.05) is 46.4 Å². The number of halogens is 1. The van der Waals surface area contributed by atoms with Crippen LogP contribution in [0.25, 0.3) is 0 Å². The van der Waals surface area contributed by atoms with Gasteiger partial charge >= 0.3 is 12.2 Å². The molecule has 2 atom stereocenters. The first-order chi connectivity index (χ1) is 15.7. The number of ether oxygens (including phenoxy) is 1. The summed E-state index contributed by atoms with van der Waals surface area (Å²) in [5, 5.41) is 15.5. The first kappa shape index (κ1) is 27.1. The van der Waals surface area contributed by atoms with Gasteiger partial charge in [0.1, 0.15) is 0 Å². The molecule has 3 N–H and O–H groups in total. The fourth-order valence-electron chi connectivity index (χ4n) is 3.93. The van der Waals surface area contributed by atoms with E-state index in [1.165, 1.54) is 12.0 Å². The molecule has 1 heterocycles. The van der Waals surface area contributed by atoms with E-state index >= 15 is 0 Å². The number of rotatable bonds is 11. The SMILES string of the molecule is COC(=O)NC(CCN1CCN(C(=O)O)CC1CCNCC(=O)c1ccc(Br)cc1)C(C)C. The molecule has 2 amide bonds. The molecule has 0 radical (unpaired) electrons. The van der Waals surface area contributed by atoms with Gasteiger partial charge in [-0.3, -0.25) is 9.69 Å². The molecule has 184 valence electrons. The maximum Gasteiger partial charge on any atom is 0.407 e. The standard InChI is InChI=1S/C23H35BrN4O5/c1-16(2)20(26-22(30)33-3)9-11-27-12-13-28(23(31)32)15-19(27)8-10-25-14-21(29)17-4-6-18(24)7-5-17/h4-7,16,19-20,25H,8-15H2,1-3H3,(H,26,30)(H,31,32). The topological polar surface area (TPSA) is 111 Å². The largest absolute Gasteiger partial charge is 0.465 e. The van der Waals surface area contributed by atoms with E-state index < -0.39 is 12.2 Å². The van der Waals surface area contributed by atoms with Gasteiger partial charge in [0.05, 0.1) is 13.7 Å². The third-order valence-electron chi connectivity index (χ3n) is 6.00. The van der Waals surface area contributed by atoms with Gasteiger partial charge in [0.2, 0.25) is 0 Å². The molecule has 0 aliphatic carbocycles. The van der Waals surface area contributed by atoms with Crippen molar-refractivity contribution in [3.8, 4) is 0 Å². The zero-order chi connectivity index (χ0) is 24.4. The highest BCUT2D eigenvalue weighted by molar-refractivity contribution is 9.10. The number of nitrogens with zero attached hydrogens (tertiary/aromatic N) is 2. The molecular weight excluding hydrogens is 492 g/mol. The number of hydrogen-bond acceptors (Lipinski definition) is 6. The zero-order valence-electron chi connectivity index (χ0n) is 19.6. The molecule has 2 rings (SSSR count). The van der Waals surface area contributed by atoms with Crippen LogP contribution in [0.5, 0.6) is 0 Å². The summed E-state index contributed by atoms with van der Waals surface area (Å²) in [4.78, 5) is 39.2. The van der Waals surface area contributed by atoms with Crippen molar-refractivity contribution in [3.63, 3.8) is 0 Å². The van der Waals surface area contributed by atoms with Crippen LogP contribution in [0.3, 0.4) is 0 Å². The Morgan fingerprint density at radius 2 is 1.91 bits per heavy atom. The summed E-state index contributed by atoms with van der Waals surface area (Å²) >= 11 is 3.36. The highest BCUT2D eigenvalue weighted by Gasteiger charge is 2.30. The molecule has 1 aliphatic heterocycles. The van der Waals surface area contributed by atoms with Crippen LogP contribution in [0.4, 0.5) is 9.59 Å². The first-order valence-corrected chi connectivity index (χ1v) is 12.1. The number of ketones is 1. The Hall–Kier alpha value is -2.17. The zero-order valence-corrected chi connectivity index (χ0v) is 21.1. The second-order valence-electron chi connectivity index (χ2n) is 8.59. The molecule has 1 aromatic carbocycles. The number of carbonyl (C=O) groups excluding carboxylic acids is 2. The van der Waals surface area contributed by atoms with Crippen molar-refractivity contribution in [1.29, 1.82) is 0 Å². The molecule has 33 heavy (non-hydrogen) atoms. The minimum absolute atomic E-state index is 0.0174. The van der Waals surface area contributed by atoms with Crippen LogP contribution in [0, 0.1) is 5.92 Å². The molecule has 10 heteroatoms. The van der Waals surface area contributed by atoms with Gasteiger partial charge in [-0.1, -0.05) is 41.9 Å². The number of alkyl carbamates (subject to hydrolysis) is 1. The van der Waals surface area contributed by atoms with Gasteiger partial charge in [0, 0.05) is 48.3 Å². The average Bonchev–Trinajstić information content (AvgIpc) is 2.79. The molecule has 1 fully saturated rings. The summed E-state index contributed by atoms with van der Waals surface area (Å²) < 4.78 is 5.66. The Bertz CT molecular complexity index is 790. The van der Waals surface area contributed by atoms with Crippen LogP contribution < -0.4 is 10.6 Å². The van der Waals surface area contributed by atoms with Gasteiger partial charge in [0.25, 0.3) is 0 Å². The minimum atomic E-state index is -0.912. The third kappa shape index (κ3) is 8.94. The molecule has 1 saturated heterocycles. The summed E-state index contributed by atoms with van der Waals surface area (Å²) in [5.41, 5.74) is 0.653. The molecule has 0 aromatic heterocycles. The van der Waals surface area contributed by atoms with Crippen LogP contribution in [0.1, 0.15) is 37.0 Å². The third-order valence-corrected chi connectivity index (χ3v) is 6.53. The summed E-state index contributed by atoms with van der Waals surface area (Å²) in [5.74, 6) is 0.262. The van der Waals surface area contributed by atoms with Crippen LogP contribution >= 0.6 is 15.9 Å². The van der Waals surface area contributed by atoms with E-state index in [1.807, 2.05) is 26.0 Å². The van der Waals surface area contributed by atoms with Crippen LogP contribution in [-0.4, -0.2) is 91.3 Å². The normalized spacial score (nSPS) is 17.6. The molecule has 1 aliphatic rings. The predicted octanol–water partition coefficient (Wildman–Crippen LogP) is 3.05. The number of carbonyl (C=O) groups is 3. The predicted molar refractivity (Wildman–Crippen MR) is 130 cm³/mol. The summed E-state index contributed by atoms with van der Waals surface area (Å²) in [6.07, 6.45) is 0.103. The number of Topliss-reactive ketones (excluding diaryl/α,β-unsaturated/α-hetero) is 1. The van der Waals surface area contributed by atoms with Gasteiger partial charge in [0.15, 0.2) is 5.78 Å². The lowest BCUT2D eigenvalue weighted by molar-refractivity contribution is 0.0614. The van der Waals surface area contributed by atoms with E-state index in [4.69, 9.17) is 4.74 Å². The average molecular weight is 527 g/mol. The number of hydrogen-bond donors (Lipinski definition) is 3. The van der Waals surface area contributed by atoms with E-state index in [1.54, 1.807) is 12.1 Å². The van der Waals surface area contributed by atoms with E-state index in [2.05, 4.69) is 31.5 Å². The second kappa shape index (κ2) is 13.5. The minimum Gasteiger partial charge on any atom is -0.465 e. The lowest BCUT2D eigenvalue weighted by Gasteiger charge is -2.41. The second-order valence-corrected chi connectivity index (χ2v) is 9.50. The number of nitrogens with one attached hydrogen (secondary N) is 2.